The lowest BCUT2D eigenvalue weighted by Gasteiger charge is -2.23. The van der Waals surface area contributed by atoms with Crippen molar-refractivity contribution in [1.82, 2.24) is 19.5 Å². The molecule has 0 aliphatic heterocycles. The van der Waals surface area contributed by atoms with E-state index in [0.717, 1.165) is 70.8 Å². The quantitative estimate of drug-likeness (QED) is 0.173. The van der Waals surface area contributed by atoms with Gasteiger partial charge < -0.3 is 8.98 Å². The van der Waals surface area contributed by atoms with Crippen LogP contribution in [0.4, 0.5) is 0 Å². The molecule has 1 aliphatic carbocycles. The number of aromatic nitrogens is 4. The Morgan fingerprint density at radius 3 is 2.06 bits per heavy atom. The molecule has 310 valence electrons. The highest BCUT2D eigenvalue weighted by Crippen LogP contribution is 2.45. The molecule has 5 nitrogen and oxygen atoms in total. The van der Waals surface area contributed by atoms with Crippen LogP contribution in [-0.4, -0.2) is 19.5 Å². The summed E-state index contributed by atoms with van der Waals surface area (Å²) in [6.45, 7) is 2.28. The summed E-state index contributed by atoms with van der Waals surface area (Å²) in [5.74, 6) is 2.27. The van der Waals surface area contributed by atoms with Gasteiger partial charge in [-0.05, 0) is 81.6 Å². The first-order valence-electron chi connectivity index (χ1n) is 22.5. The summed E-state index contributed by atoms with van der Waals surface area (Å²) < 4.78 is 11.8. The molecule has 0 N–H and O–H groups in total. The summed E-state index contributed by atoms with van der Waals surface area (Å²) >= 11 is 1.78. The van der Waals surface area contributed by atoms with Crippen molar-refractivity contribution in [2.24, 2.45) is 5.92 Å². The molecule has 0 saturated heterocycles. The summed E-state index contributed by atoms with van der Waals surface area (Å²) in [6, 6.07) is 65.2. The Morgan fingerprint density at radius 1 is 0.515 bits per heavy atom. The number of hydrogen-bond acceptors (Lipinski definition) is 5. The lowest BCUT2D eigenvalue weighted by molar-refractivity contribution is 0.637. The van der Waals surface area contributed by atoms with Crippen LogP contribution in [0, 0.1) is 5.92 Å². The Bertz CT molecular complexity index is 4210. The van der Waals surface area contributed by atoms with Crippen molar-refractivity contribution < 1.29 is 4.42 Å². The minimum Gasteiger partial charge on any atom is -0.455 e. The fourth-order valence-electron chi connectivity index (χ4n) is 10.6. The van der Waals surface area contributed by atoms with Crippen LogP contribution in [0.1, 0.15) is 24.2 Å². The molecule has 66 heavy (non-hydrogen) atoms. The van der Waals surface area contributed by atoms with Gasteiger partial charge in [-0.25, -0.2) is 15.0 Å². The molecule has 0 saturated carbocycles. The van der Waals surface area contributed by atoms with Crippen molar-refractivity contribution in [1.29, 1.82) is 0 Å². The smallest absolute Gasteiger partial charge is 0.167 e. The zero-order chi connectivity index (χ0) is 43.5. The average Bonchev–Trinajstić information content (AvgIpc) is 4.05. The van der Waals surface area contributed by atoms with Gasteiger partial charge >= 0.3 is 0 Å². The number of furan rings is 1. The molecule has 2 atom stereocenters. The highest BCUT2D eigenvalue weighted by atomic mass is 32.1. The van der Waals surface area contributed by atoms with Crippen LogP contribution in [-0.2, 0) is 0 Å². The summed E-state index contributed by atoms with van der Waals surface area (Å²) in [5.41, 5.74) is 8.86. The molecule has 2 unspecified atom stereocenters. The Hall–Kier alpha value is -8.19. The molecular weight excluding hydrogens is 825 g/mol. The van der Waals surface area contributed by atoms with Crippen molar-refractivity contribution in [3.05, 3.63) is 212 Å². The van der Waals surface area contributed by atoms with E-state index in [1.807, 2.05) is 0 Å². The maximum atomic E-state index is 7.04. The highest BCUT2D eigenvalue weighted by Gasteiger charge is 2.26. The van der Waals surface area contributed by atoms with Gasteiger partial charge in [-0.2, -0.15) is 0 Å². The van der Waals surface area contributed by atoms with Crippen molar-refractivity contribution in [3.8, 4) is 28.5 Å². The standard InChI is InChI=1S/C60H38N4OS/c1-35-30-40(26-28-42(35)36-14-3-2-4-15-36)58-61-59(47-23-13-22-46-45-21-10-12-25-54(45)66-57(46)47)63-60(62-58)50-34-41(33-49-55-43-19-8-7-16-37(43)27-29-53(55)65-56(49)50)64-51-24-11-9-20-44(51)48-31-38-17-5-6-18-39(38)32-52(48)64/h2-35,42H,1H3. The molecule has 0 fully saturated rings. The van der Waals surface area contributed by atoms with Crippen molar-refractivity contribution in [3.63, 3.8) is 0 Å². The van der Waals surface area contributed by atoms with Gasteiger partial charge in [0, 0.05) is 64.5 Å². The second-order valence-corrected chi connectivity index (χ2v) is 18.6. The first-order chi connectivity index (χ1) is 32.6. The number of rotatable bonds is 5. The normalized spacial score (nSPS) is 15.4. The van der Waals surface area contributed by atoms with Crippen molar-refractivity contribution >= 4 is 102 Å². The second kappa shape index (κ2) is 14.4. The predicted octanol–water partition coefficient (Wildman–Crippen LogP) is 16.2. The molecule has 6 heteroatoms. The minimum atomic E-state index is 0.215. The van der Waals surface area contributed by atoms with Gasteiger partial charge in [0.15, 0.2) is 17.5 Å². The lowest BCUT2D eigenvalue weighted by atomic mass is 9.82. The van der Waals surface area contributed by atoms with Gasteiger partial charge in [0.05, 0.1) is 16.6 Å². The molecule has 1 aliphatic rings. The Labute approximate surface area is 383 Å². The maximum absolute atomic E-state index is 7.04. The summed E-state index contributed by atoms with van der Waals surface area (Å²) in [5, 5.41) is 11.6. The zero-order valence-electron chi connectivity index (χ0n) is 35.8. The molecule has 13 aromatic rings. The SMILES string of the molecule is CC1C=C(c2nc(-c3cc(-n4c5ccccc5c5cc6ccccc6cc54)cc4c3oc3ccc5ccccc5c34)nc(-c3cccc4c3sc3ccccc34)n2)C=CC1c1ccccc1. The minimum absolute atomic E-state index is 0.215. The zero-order valence-corrected chi connectivity index (χ0v) is 36.6. The van der Waals surface area contributed by atoms with Gasteiger partial charge in [0.1, 0.15) is 11.2 Å². The van der Waals surface area contributed by atoms with E-state index >= 15 is 0 Å². The third kappa shape index (κ3) is 5.68. The molecule has 0 amide bonds. The number of hydrogen-bond donors (Lipinski definition) is 0. The van der Waals surface area contributed by atoms with E-state index in [4.69, 9.17) is 19.4 Å². The summed E-state index contributed by atoms with van der Waals surface area (Å²) in [6.07, 6.45) is 6.82. The fraction of sp³-hybridized carbons (Fsp3) is 0.0500. The Morgan fingerprint density at radius 2 is 1.21 bits per heavy atom. The first kappa shape index (κ1) is 37.2. The molecule has 0 radical (unpaired) electrons. The van der Waals surface area contributed by atoms with E-state index in [1.165, 1.54) is 42.6 Å². The number of fused-ring (bicyclic) bond motifs is 12. The fourth-order valence-corrected chi connectivity index (χ4v) is 11.8. The van der Waals surface area contributed by atoms with Gasteiger partial charge in [0.25, 0.3) is 0 Å². The van der Waals surface area contributed by atoms with Crippen LogP contribution >= 0.6 is 11.3 Å². The number of benzene rings is 9. The largest absolute Gasteiger partial charge is 0.455 e. The molecule has 4 heterocycles. The summed E-state index contributed by atoms with van der Waals surface area (Å²) in [4.78, 5) is 16.4. The number of nitrogens with zero attached hydrogens (tertiary/aromatic N) is 4. The first-order valence-corrected chi connectivity index (χ1v) is 23.4. The van der Waals surface area contributed by atoms with Crippen LogP contribution in [0.2, 0.25) is 0 Å². The van der Waals surface area contributed by atoms with Crippen LogP contribution in [0.15, 0.2) is 205 Å². The third-order valence-electron chi connectivity index (χ3n) is 13.7. The maximum Gasteiger partial charge on any atom is 0.167 e. The average molecular weight is 863 g/mol. The molecule has 9 aromatic carbocycles. The summed E-state index contributed by atoms with van der Waals surface area (Å²) in [7, 11) is 0. The molecular formula is C60H38N4OS. The van der Waals surface area contributed by atoms with Gasteiger partial charge in [-0.15, -0.1) is 11.3 Å². The van der Waals surface area contributed by atoms with Crippen molar-refractivity contribution in [2.75, 3.05) is 0 Å². The van der Waals surface area contributed by atoms with Crippen LogP contribution in [0.5, 0.6) is 0 Å². The van der Waals surface area contributed by atoms with E-state index in [2.05, 4.69) is 212 Å². The predicted molar refractivity (Wildman–Crippen MR) is 276 cm³/mol. The van der Waals surface area contributed by atoms with Gasteiger partial charge in [-0.1, -0.05) is 159 Å². The van der Waals surface area contributed by atoms with Gasteiger partial charge in [-0.3, -0.25) is 0 Å². The van der Waals surface area contributed by atoms with E-state index < -0.39 is 0 Å². The third-order valence-corrected chi connectivity index (χ3v) is 14.9. The lowest BCUT2D eigenvalue weighted by Crippen LogP contribution is -2.11. The van der Waals surface area contributed by atoms with Gasteiger partial charge in [0.2, 0.25) is 0 Å². The van der Waals surface area contributed by atoms with Crippen LogP contribution in [0.25, 0.3) is 119 Å². The molecule has 14 rings (SSSR count). The van der Waals surface area contributed by atoms with Crippen LogP contribution in [0.3, 0.4) is 0 Å². The Kier molecular flexibility index (Phi) is 8.12. The molecule has 4 aromatic heterocycles. The highest BCUT2D eigenvalue weighted by molar-refractivity contribution is 7.26. The number of thiophene rings is 1. The Balaban J connectivity index is 1.08. The van der Waals surface area contributed by atoms with E-state index in [9.17, 15) is 0 Å². The monoisotopic (exact) mass is 862 g/mol. The van der Waals surface area contributed by atoms with E-state index in [-0.39, 0.29) is 11.8 Å². The van der Waals surface area contributed by atoms with E-state index in [0.29, 0.717) is 17.5 Å². The number of para-hydroxylation sites is 1. The second-order valence-electron chi connectivity index (χ2n) is 17.6. The molecule has 0 spiro atoms. The van der Waals surface area contributed by atoms with Crippen LogP contribution < -0.4 is 0 Å². The number of allylic oxidation sites excluding steroid dienone is 4. The molecule has 0 bridgehead atoms. The topological polar surface area (TPSA) is 56.7 Å². The van der Waals surface area contributed by atoms with Crippen molar-refractivity contribution in [2.45, 2.75) is 12.8 Å². The van der Waals surface area contributed by atoms with E-state index in [1.54, 1.807) is 11.3 Å².